The molecule has 0 aromatic carbocycles. The van der Waals surface area contributed by atoms with Crippen LogP contribution in [0.5, 0.6) is 0 Å². The zero-order valence-electron chi connectivity index (χ0n) is 6.73. The molecule has 0 spiro atoms. The summed E-state index contributed by atoms with van der Waals surface area (Å²) in [6.45, 7) is 2.50. The lowest BCUT2D eigenvalue weighted by Crippen LogP contribution is -2.30. The van der Waals surface area contributed by atoms with Crippen LogP contribution in [0.25, 0.3) is 0 Å². The minimum absolute atomic E-state index is 0.548. The lowest BCUT2D eigenvalue weighted by atomic mass is 10.3. The van der Waals surface area contributed by atoms with Crippen LogP contribution in [-0.2, 0) is 0 Å². The molecule has 12 heavy (non-hydrogen) atoms. The summed E-state index contributed by atoms with van der Waals surface area (Å²) in [5, 5.41) is 9.29. The van der Waals surface area contributed by atoms with Crippen molar-refractivity contribution in [1.29, 1.82) is 0 Å². The van der Waals surface area contributed by atoms with Crippen LogP contribution >= 0.6 is 0 Å². The molecule has 0 saturated heterocycles. The number of hydrazine groups is 1. The van der Waals surface area contributed by atoms with Crippen LogP contribution in [0.15, 0.2) is 28.7 Å². The minimum Gasteiger partial charge on any atom is -0.259 e. The van der Waals surface area contributed by atoms with Gasteiger partial charge in [-0.3, -0.25) is 4.98 Å². The third-order valence-corrected chi connectivity index (χ3v) is 1.71. The highest BCUT2D eigenvalue weighted by atomic mass is 15.8. The van der Waals surface area contributed by atoms with E-state index < -0.39 is 0 Å². The van der Waals surface area contributed by atoms with Gasteiger partial charge in [0.1, 0.15) is 0 Å². The highest BCUT2D eigenvalue weighted by molar-refractivity contribution is 5.48. The Bertz CT molecular complexity index is 300. The zero-order valence-corrected chi connectivity index (χ0v) is 6.73. The predicted octanol–water partition coefficient (Wildman–Crippen LogP) is 1.04. The molecule has 0 fully saturated rings. The fraction of sp³-hybridized carbons (Fsp3) is 0.286. The number of aromatic nitrogens is 1. The Balaban J connectivity index is 2.27. The summed E-state index contributed by atoms with van der Waals surface area (Å²) in [6.07, 6.45) is 1.77. The van der Waals surface area contributed by atoms with Crippen molar-refractivity contribution in [1.82, 2.24) is 10.5 Å². The Labute approximate surface area is 70.1 Å². The molecule has 2 heterocycles. The monoisotopic (exact) mass is 163 g/mol. The van der Waals surface area contributed by atoms with Crippen LogP contribution in [0.3, 0.4) is 0 Å². The molecule has 5 heteroatoms. The Hall–Kier alpha value is -1.65. The Kier molecular flexibility index (Phi) is 1.62. The van der Waals surface area contributed by atoms with E-state index in [1.165, 1.54) is 0 Å². The highest BCUT2D eigenvalue weighted by Crippen LogP contribution is 2.16. The van der Waals surface area contributed by atoms with Crippen LogP contribution in [0.1, 0.15) is 5.69 Å². The first-order valence-corrected chi connectivity index (χ1v) is 3.69. The minimum atomic E-state index is 0.548. The summed E-state index contributed by atoms with van der Waals surface area (Å²) in [6, 6.07) is 3.87. The number of hydrogen-bond acceptors (Lipinski definition) is 5. The number of pyridine rings is 1. The van der Waals surface area contributed by atoms with Crippen molar-refractivity contribution in [3.63, 3.8) is 0 Å². The van der Waals surface area contributed by atoms with E-state index in [2.05, 4.69) is 20.9 Å². The van der Waals surface area contributed by atoms with E-state index in [-0.39, 0.29) is 0 Å². The average Bonchev–Trinajstić information content (AvgIpc) is 2.57. The molecule has 0 saturated carbocycles. The van der Waals surface area contributed by atoms with E-state index in [0.29, 0.717) is 6.67 Å². The van der Waals surface area contributed by atoms with E-state index in [0.717, 1.165) is 11.4 Å². The normalized spacial score (nSPS) is 14.9. The van der Waals surface area contributed by atoms with Gasteiger partial charge in [-0.2, -0.15) is 5.53 Å². The Morgan fingerprint density at radius 2 is 2.50 bits per heavy atom. The van der Waals surface area contributed by atoms with Crippen molar-refractivity contribution in [2.75, 3.05) is 11.7 Å². The number of anilines is 1. The van der Waals surface area contributed by atoms with Crippen molar-refractivity contribution in [2.45, 2.75) is 6.92 Å². The number of nitrogens with one attached hydrogen (secondary N) is 1. The van der Waals surface area contributed by atoms with Gasteiger partial charge in [-0.15, -0.1) is 5.11 Å². The molecule has 0 unspecified atom stereocenters. The fourth-order valence-electron chi connectivity index (χ4n) is 1.10. The van der Waals surface area contributed by atoms with E-state index in [1.807, 2.05) is 24.1 Å². The molecular formula is C7H9N5. The number of nitrogens with zero attached hydrogens (tertiary/aromatic N) is 4. The van der Waals surface area contributed by atoms with Gasteiger partial charge in [0.05, 0.1) is 11.4 Å². The molecule has 0 amide bonds. The van der Waals surface area contributed by atoms with Gasteiger partial charge in [0.2, 0.25) is 0 Å². The van der Waals surface area contributed by atoms with Crippen LogP contribution in [0.4, 0.5) is 5.69 Å². The maximum absolute atomic E-state index is 4.16. The van der Waals surface area contributed by atoms with Crippen molar-refractivity contribution in [3.05, 3.63) is 24.0 Å². The zero-order chi connectivity index (χ0) is 8.39. The standard InChI is InChI=1S/C7H9N5/c1-6-7(3-2-4-8-6)12-5-9-10-11-12/h2-4H,5H2,1H3,(H,9,11). The van der Waals surface area contributed by atoms with E-state index in [9.17, 15) is 0 Å². The quantitative estimate of drug-likeness (QED) is 0.673. The largest absolute Gasteiger partial charge is 0.259 e. The van der Waals surface area contributed by atoms with Crippen molar-refractivity contribution in [2.24, 2.45) is 10.3 Å². The molecule has 0 bridgehead atoms. The summed E-state index contributed by atoms with van der Waals surface area (Å²) in [5.41, 5.74) is 4.75. The molecule has 1 N–H and O–H groups in total. The predicted molar refractivity (Wildman–Crippen MR) is 44.3 cm³/mol. The number of hydrogen-bond donors (Lipinski definition) is 1. The van der Waals surface area contributed by atoms with Gasteiger partial charge < -0.3 is 0 Å². The molecule has 1 aromatic heterocycles. The summed E-state index contributed by atoms with van der Waals surface area (Å²) in [7, 11) is 0. The van der Waals surface area contributed by atoms with Crippen LogP contribution < -0.4 is 10.5 Å². The summed E-state index contributed by atoms with van der Waals surface area (Å²) in [5.74, 6) is 0. The number of aryl methyl sites for hydroxylation is 1. The van der Waals surface area contributed by atoms with Crippen molar-refractivity contribution < 1.29 is 0 Å². The van der Waals surface area contributed by atoms with E-state index >= 15 is 0 Å². The Morgan fingerprint density at radius 3 is 3.17 bits per heavy atom. The lowest BCUT2D eigenvalue weighted by Gasteiger charge is -2.15. The van der Waals surface area contributed by atoms with Gasteiger partial charge in [-0.05, 0) is 19.1 Å². The molecule has 1 aromatic rings. The second-order valence-corrected chi connectivity index (χ2v) is 2.52. The molecular weight excluding hydrogens is 154 g/mol. The van der Waals surface area contributed by atoms with Crippen LogP contribution in [0.2, 0.25) is 0 Å². The molecule has 0 radical (unpaired) electrons. The summed E-state index contributed by atoms with van der Waals surface area (Å²) < 4.78 is 0. The SMILES string of the molecule is Cc1ncccc1N1CN=NN1. The maximum atomic E-state index is 4.16. The first kappa shape index (κ1) is 7.02. The maximum Gasteiger partial charge on any atom is 0.154 e. The second-order valence-electron chi connectivity index (χ2n) is 2.52. The van der Waals surface area contributed by atoms with Crippen molar-refractivity contribution >= 4 is 5.69 Å². The summed E-state index contributed by atoms with van der Waals surface area (Å²) >= 11 is 0. The molecule has 1 aliphatic rings. The third-order valence-electron chi connectivity index (χ3n) is 1.71. The van der Waals surface area contributed by atoms with Crippen LogP contribution in [-0.4, -0.2) is 11.7 Å². The van der Waals surface area contributed by atoms with Gasteiger partial charge in [-0.1, -0.05) is 5.22 Å². The van der Waals surface area contributed by atoms with Crippen molar-refractivity contribution in [3.8, 4) is 0 Å². The molecule has 1 aliphatic heterocycles. The van der Waals surface area contributed by atoms with Crippen LogP contribution in [0, 0.1) is 6.92 Å². The van der Waals surface area contributed by atoms with E-state index in [1.54, 1.807) is 6.20 Å². The smallest absolute Gasteiger partial charge is 0.154 e. The molecule has 62 valence electrons. The summed E-state index contributed by atoms with van der Waals surface area (Å²) in [4.78, 5) is 4.16. The lowest BCUT2D eigenvalue weighted by molar-refractivity contribution is 0.743. The Morgan fingerprint density at radius 1 is 1.58 bits per heavy atom. The van der Waals surface area contributed by atoms with Gasteiger partial charge >= 0.3 is 0 Å². The topological polar surface area (TPSA) is 52.9 Å². The second kappa shape index (κ2) is 2.77. The van der Waals surface area contributed by atoms with Gasteiger partial charge in [0, 0.05) is 6.20 Å². The van der Waals surface area contributed by atoms with Gasteiger partial charge in [0.15, 0.2) is 6.67 Å². The molecule has 5 nitrogen and oxygen atoms in total. The first-order chi connectivity index (χ1) is 5.88. The van der Waals surface area contributed by atoms with E-state index in [4.69, 9.17) is 0 Å². The molecule has 2 rings (SSSR count). The first-order valence-electron chi connectivity index (χ1n) is 3.69. The highest BCUT2D eigenvalue weighted by Gasteiger charge is 2.10. The number of rotatable bonds is 1. The third kappa shape index (κ3) is 1.09. The van der Waals surface area contributed by atoms with Gasteiger partial charge in [-0.25, -0.2) is 5.01 Å². The fourth-order valence-corrected chi connectivity index (χ4v) is 1.10. The molecule has 0 aliphatic carbocycles. The average molecular weight is 163 g/mol. The van der Waals surface area contributed by atoms with Gasteiger partial charge in [0.25, 0.3) is 0 Å². The molecule has 0 atom stereocenters.